The van der Waals surface area contributed by atoms with Crippen LogP contribution in [0.4, 0.5) is 4.79 Å². The molecule has 1 amide bonds. The van der Waals surface area contributed by atoms with E-state index >= 15 is 0 Å². The topological polar surface area (TPSA) is 59.4 Å². The third-order valence-corrected chi connectivity index (χ3v) is 4.35. The summed E-state index contributed by atoms with van der Waals surface area (Å²) in [6, 6.07) is 0.313. The minimum absolute atomic E-state index is 0.313. The number of amides is 1. The number of alkyl carbamates (subject to hydrolysis) is 1. The summed E-state index contributed by atoms with van der Waals surface area (Å²) in [6.45, 7) is 10.4. The Kier molecular flexibility index (Phi) is 5.68. The highest BCUT2D eigenvalue weighted by molar-refractivity contribution is 5.67. The number of ether oxygens (including phenoxy) is 1. The lowest BCUT2D eigenvalue weighted by molar-refractivity contribution is 0.0452. The van der Waals surface area contributed by atoms with Crippen molar-refractivity contribution in [2.24, 2.45) is 13.0 Å². The maximum Gasteiger partial charge on any atom is 0.407 e. The molecular formula is C17H30N4O2. The van der Waals surface area contributed by atoms with Crippen molar-refractivity contribution >= 4 is 6.09 Å². The standard InChI is InChI=1S/C17H30N4O2/c1-13-7-6-9-21(12-15-18-8-10-20(15)5)14(13)11-19-16(22)23-17(2,3)4/h8,10,13-14H,6-7,9,11-12H2,1-5H3,(H,19,22)/t13-,14-/m0/s1. The van der Waals surface area contributed by atoms with Gasteiger partial charge in [-0.05, 0) is 46.1 Å². The molecule has 2 heterocycles. The average Bonchev–Trinajstić information content (AvgIpc) is 2.81. The van der Waals surface area contributed by atoms with E-state index in [0.29, 0.717) is 18.5 Å². The van der Waals surface area contributed by atoms with Gasteiger partial charge in [0.2, 0.25) is 0 Å². The molecule has 6 heteroatoms. The number of imidazole rings is 1. The van der Waals surface area contributed by atoms with Gasteiger partial charge in [0.15, 0.2) is 0 Å². The number of nitrogens with zero attached hydrogens (tertiary/aromatic N) is 3. The first-order chi connectivity index (χ1) is 10.8. The number of piperidine rings is 1. The quantitative estimate of drug-likeness (QED) is 0.925. The number of carbonyl (C=O) groups excluding carboxylic acids is 1. The van der Waals surface area contributed by atoms with Crippen molar-refractivity contribution in [3.8, 4) is 0 Å². The smallest absolute Gasteiger partial charge is 0.407 e. The minimum Gasteiger partial charge on any atom is -0.444 e. The Balaban J connectivity index is 1.95. The van der Waals surface area contributed by atoms with Crippen LogP contribution in [0.15, 0.2) is 12.4 Å². The normalized spacial score (nSPS) is 22.8. The number of rotatable bonds is 4. The molecule has 1 N–H and O–H groups in total. The molecule has 2 atom stereocenters. The Labute approximate surface area is 139 Å². The fraction of sp³-hybridized carbons (Fsp3) is 0.765. The second-order valence-corrected chi connectivity index (χ2v) is 7.49. The molecule has 1 fully saturated rings. The van der Waals surface area contributed by atoms with Crippen molar-refractivity contribution in [2.75, 3.05) is 13.1 Å². The van der Waals surface area contributed by atoms with Crippen LogP contribution in [0.25, 0.3) is 0 Å². The van der Waals surface area contributed by atoms with Crippen LogP contribution in [0.2, 0.25) is 0 Å². The Morgan fingerprint density at radius 1 is 1.48 bits per heavy atom. The number of aromatic nitrogens is 2. The molecule has 1 aromatic heterocycles. The molecule has 2 rings (SSSR count). The molecule has 0 unspecified atom stereocenters. The largest absolute Gasteiger partial charge is 0.444 e. The van der Waals surface area contributed by atoms with Crippen molar-refractivity contribution in [1.29, 1.82) is 0 Å². The van der Waals surface area contributed by atoms with Gasteiger partial charge in [0.25, 0.3) is 0 Å². The van der Waals surface area contributed by atoms with E-state index in [-0.39, 0.29) is 6.09 Å². The number of aryl methyl sites for hydroxylation is 1. The van der Waals surface area contributed by atoms with E-state index in [2.05, 4.69) is 26.7 Å². The molecule has 6 nitrogen and oxygen atoms in total. The van der Waals surface area contributed by atoms with Crippen molar-refractivity contribution < 1.29 is 9.53 Å². The summed E-state index contributed by atoms with van der Waals surface area (Å²) in [6.07, 6.45) is 5.84. The Morgan fingerprint density at radius 2 is 2.22 bits per heavy atom. The summed E-state index contributed by atoms with van der Waals surface area (Å²) in [4.78, 5) is 18.8. The maximum atomic E-state index is 11.9. The van der Waals surface area contributed by atoms with Crippen LogP contribution >= 0.6 is 0 Å². The third-order valence-electron chi connectivity index (χ3n) is 4.35. The number of hydrogen-bond acceptors (Lipinski definition) is 4. The molecule has 23 heavy (non-hydrogen) atoms. The van der Waals surface area contributed by atoms with E-state index in [4.69, 9.17) is 4.74 Å². The molecule has 1 saturated heterocycles. The van der Waals surface area contributed by atoms with Gasteiger partial charge in [-0.2, -0.15) is 0 Å². The molecule has 0 bridgehead atoms. The van der Waals surface area contributed by atoms with Crippen LogP contribution < -0.4 is 5.32 Å². The third kappa shape index (κ3) is 5.23. The van der Waals surface area contributed by atoms with Gasteiger partial charge >= 0.3 is 6.09 Å². The minimum atomic E-state index is -0.463. The number of likely N-dealkylation sites (tertiary alicyclic amines) is 1. The van der Waals surface area contributed by atoms with E-state index < -0.39 is 5.60 Å². The monoisotopic (exact) mass is 322 g/mol. The summed E-state index contributed by atoms with van der Waals surface area (Å²) >= 11 is 0. The van der Waals surface area contributed by atoms with Gasteiger partial charge in [-0.1, -0.05) is 6.92 Å². The summed E-state index contributed by atoms with van der Waals surface area (Å²) in [7, 11) is 2.02. The summed E-state index contributed by atoms with van der Waals surface area (Å²) < 4.78 is 7.39. The van der Waals surface area contributed by atoms with E-state index in [1.54, 1.807) is 0 Å². The molecule has 1 aromatic rings. The highest BCUT2D eigenvalue weighted by atomic mass is 16.6. The number of hydrogen-bond donors (Lipinski definition) is 1. The van der Waals surface area contributed by atoms with Gasteiger partial charge in [-0.15, -0.1) is 0 Å². The van der Waals surface area contributed by atoms with Gasteiger partial charge in [0.1, 0.15) is 11.4 Å². The lowest BCUT2D eigenvalue weighted by atomic mass is 9.90. The number of carbonyl (C=O) groups is 1. The molecular weight excluding hydrogens is 292 g/mol. The van der Waals surface area contributed by atoms with Crippen LogP contribution in [0.1, 0.15) is 46.4 Å². The summed E-state index contributed by atoms with van der Waals surface area (Å²) in [5.41, 5.74) is -0.463. The highest BCUT2D eigenvalue weighted by Gasteiger charge is 2.30. The SMILES string of the molecule is C[C@H]1CCCN(Cc2nccn2C)[C@H]1CNC(=O)OC(C)(C)C. The molecule has 0 spiro atoms. The van der Waals surface area contributed by atoms with Crippen molar-refractivity contribution in [2.45, 2.75) is 58.7 Å². The maximum absolute atomic E-state index is 11.9. The Hall–Kier alpha value is -1.56. The molecule has 0 aliphatic carbocycles. The molecule has 130 valence electrons. The molecule has 1 aliphatic rings. The highest BCUT2D eigenvalue weighted by Crippen LogP contribution is 2.24. The van der Waals surface area contributed by atoms with E-state index in [0.717, 1.165) is 18.9 Å². The first-order valence-corrected chi connectivity index (χ1v) is 8.43. The zero-order valence-corrected chi connectivity index (χ0v) is 15.0. The first kappa shape index (κ1) is 17.8. The lowest BCUT2D eigenvalue weighted by Gasteiger charge is -2.40. The predicted molar refractivity (Wildman–Crippen MR) is 90.0 cm³/mol. The van der Waals surface area contributed by atoms with Crippen molar-refractivity contribution in [1.82, 2.24) is 19.8 Å². The second kappa shape index (κ2) is 7.34. The van der Waals surface area contributed by atoms with Gasteiger partial charge in [0, 0.05) is 32.0 Å². The fourth-order valence-corrected chi connectivity index (χ4v) is 3.09. The lowest BCUT2D eigenvalue weighted by Crippen LogP contribution is -2.50. The number of nitrogens with one attached hydrogen (secondary N) is 1. The second-order valence-electron chi connectivity index (χ2n) is 7.49. The Bertz CT molecular complexity index is 521. The van der Waals surface area contributed by atoms with Crippen LogP contribution in [-0.2, 0) is 18.3 Å². The van der Waals surface area contributed by atoms with Crippen LogP contribution in [0.3, 0.4) is 0 Å². The summed E-state index contributed by atoms with van der Waals surface area (Å²) in [5.74, 6) is 1.60. The molecule has 0 aromatic carbocycles. The van der Waals surface area contributed by atoms with Gasteiger partial charge < -0.3 is 14.6 Å². The van der Waals surface area contributed by atoms with Crippen LogP contribution in [0.5, 0.6) is 0 Å². The van der Waals surface area contributed by atoms with Crippen molar-refractivity contribution in [3.63, 3.8) is 0 Å². The van der Waals surface area contributed by atoms with E-state index in [1.165, 1.54) is 12.8 Å². The van der Waals surface area contributed by atoms with Crippen LogP contribution in [0, 0.1) is 5.92 Å². The predicted octanol–water partition coefficient (Wildman–Crippen LogP) is 2.55. The fourth-order valence-electron chi connectivity index (χ4n) is 3.09. The van der Waals surface area contributed by atoms with Crippen molar-refractivity contribution in [3.05, 3.63) is 18.2 Å². The average molecular weight is 322 g/mol. The van der Waals surface area contributed by atoms with E-state index in [9.17, 15) is 4.79 Å². The molecule has 0 radical (unpaired) electrons. The Morgan fingerprint density at radius 3 is 2.83 bits per heavy atom. The molecule has 1 aliphatic heterocycles. The van der Waals surface area contributed by atoms with Gasteiger partial charge in [-0.3, -0.25) is 4.90 Å². The summed E-state index contributed by atoms with van der Waals surface area (Å²) in [5, 5.41) is 2.93. The first-order valence-electron chi connectivity index (χ1n) is 8.43. The van der Waals surface area contributed by atoms with Crippen LogP contribution in [-0.4, -0.2) is 45.3 Å². The zero-order valence-electron chi connectivity index (χ0n) is 15.0. The zero-order chi connectivity index (χ0) is 17.0. The van der Waals surface area contributed by atoms with E-state index in [1.807, 2.05) is 40.2 Å². The van der Waals surface area contributed by atoms with Gasteiger partial charge in [0.05, 0.1) is 6.54 Å². The van der Waals surface area contributed by atoms with Gasteiger partial charge in [-0.25, -0.2) is 9.78 Å². The molecule has 0 saturated carbocycles.